The van der Waals surface area contributed by atoms with E-state index in [0.717, 1.165) is 57.3 Å². The van der Waals surface area contributed by atoms with Gasteiger partial charge in [0.25, 0.3) is 0 Å². The van der Waals surface area contributed by atoms with Gasteiger partial charge in [-0.25, -0.2) is 0 Å². The van der Waals surface area contributed by atoms with Gasteiger partial charge in [-0.1, -0.05) is 0 Å². The van der Waals surface area contributed by atoms with E-state index in [2.05, 4.69) is 39.5 Å². The number of ether oxygens (including phenoxy) is 1. The molecule has 148 valence electrons. The fourth-order valence-electron chi connectivity index (χ4n) is 3.23. The molecule has 0 aromatic heterocycles. The third-order valence-electron chi connectivity index (χ3n) is 4.97. The summed E-state index contributed by atoms with van der Waals surface area (Å²) in [4.78, 5) is 21.1. The van der Waals surface area contributed by atoms with Crippen molar-refractivity contribution in [2.45, 2.75) is 19.8 Å². The van der Waals surface area contributed by atoms with Crippen molar-refractivity contribution < 1.29 is 9.53 Å². The number of aliphatic imine (C=N–C) groups is 1. The predicted octanol–water partition coefficient (Wildman–Crippen LogP) is 1.31. The van der Waals surface area contributed by atoms with Crippen LogP contribution in [0.4, 0.5) is 5.69 Å². The van der Waals surface area contributed by atoms with Crippen molar-refractivity contribution in [3.05, 3.63) is 24.3 Å². The van der Waals surface area contributed by atoms with Crippen LogP contribution < -0.4 is 20.3 Å². The van der Waals surface area contributed by atoms with Gasteiger partial charge in [0.2, 0.25) is 5.91 Å². The molecule has 1 aliphatic heterocycles. The Morgan fingerprint density at radius 1 is 1.15 bits per heavy atom. The van der Waals surface area contributed by atoms with Crippen LogP contribution >= 0.6 is 0 Å². The summed E-state index contributed by atoms with van der Waals surface area (Å²) < 4.78 is 5.23. The zero-order valence-corrected chi connectivity index (χ0v) is 16.4. The van der Waals surface area contributed by atoms with Crippen LogP contribution in [0.25, 0.3) is 0 Å². The lowest BCUT2D eigenvalue weighted by Crippen LogP contribution is -2.52. The highest BCUT2D eigenvalue weighted by Gasteiger charge is 2.29. The molecule has 1 saturated heterocycles. The number of guanidine groups is 1. The van der Waals surface area contributed by atoms with Crippen molar-refractivity contribution in [2.24, 2.45) is 10.9 Å². The van der Waals surface area contributed by atoms with E-state index in [-0.39, 0.29) is 11.8 Å². The van der Waals surface area contributed by atoms with E-state index in [1.807, 2.05) is 12.1 Å². The molecule has 3 rings (SSSR count). The highest BCUT2D eigenvalue weighted by Crippen LogP contribution is 2.28. The summed E-state index contributed by atoms with van der Waals surface area (Å²) in [6.07, 6.45) is 2.08. The minimum absolute atomic E-state index is 0.184. The SMILES string of the molecule is CCNC(=NCCNC(=O)C1CC1)N1CCN(c2ccc(OC)cc2)CC1. The summed E-state index contributed by atoms with van der Waals surface area (Å²) in [6.45, 7) is 7.89. The lowest BCUT2D eigenvalue weighted by Gasteiger charge is -2.37. The minimum Gasteiger partial charge on any atom is -0.497 e. The molecule has 7 heteroatoms. The Balaban J connectivity index is 1.48. The third-order valence-corrected chi connectivity index (χ3v) is 4.97. The summed E-state index contributed by atoms with van der Waals surface area (Å²) in [6, 6.07) is 8.22. The summed E-state index contributed by atoms with van der Waals surface area (Å²) in [5.41, 5.74) is 1.22. The van der Waals surface area contributed by atoms with Crippen molar-refractivity contribution in [3.8, 4) is 5.75 Å². The fourth-order valence-corrected chi connectivity index (χ4v) is 3.23. The van der Waals surface area contributed by atoms with Crippen LogP contribution in [0, 0.1) is 5.92 Å². The Morgan fingerprint density at radius 2 is 1.85 bits per heavy atom. The summed E-state index contributed by atoms with van der Waals surface area (Å²) >= 11 is 0. The first-order valence-electron chi connectivity index (χ1n) is 9.91. The van der Waals surface area contributed by atoms with Crippen LogP contribution in [0.5, 0.6) is 5.75 Å². The van der Waals surface area contributed by atoms with Crippen molar-refractivity contribution in [3.63, 3.8) is 0 Å². The van der Waals surface area contributed by atoms with Gasteiger partial charge in [0.05, 0.1) is 13.7 Å². The first kappa shape index (κ1) is 19.3. The smallest absolute Gasteiger partial charge is 0.223 e. The van der Waals surface area contributed by atoms with E-state index in [4.69, 9.17) is 9.73 Å². The highest BCUT2D eigenvalue weighted by atomic mass is 16.5. The molecule has 0 unspecified atom stereocenters. The molecule has 0 radical (unpaired) electrons. The van der Waals surface area contributed by atoms with E-state index >= 15 is 0 Å². The van der Waals surface area contributed by atoms with Gasteiger partial charge in [-0.15, -0.1) is 0 Å². The zero-order valence-electron chi connectivity index (χ0n) is 16.4. The molecule has 0 spiro atoms. The molecule has 2 fully saturated rings. The Labute approximate surface area is 161 Å². The Morgan fingerprint density at radius 3 is 2.44 bits per heavy atom. The van der Waals surface area contributed by atoms with Gasteiger partial charge in [-0.3, -0.25) is 9.79 Å². The Kier molecular flexibility index (Phi) is 6.79. The van der Waals surface area contributed by atoms with E-state index in [0.29, 0.717) is 13.1 Å². The average Bonchev–Trinajstić information content (AvgIpc) is 3.56. The van der Waals surface area contributed by atoms with Crippen molar-refractivity contribution >= 4 is 17.6 Å². The fraction of sp³-hybridized carbons (Fsp3) is 0.600. The molecule has 2 aliphatic rings. The quantitative estimate of drug-likeness (QED) is 0.428. The standard InChI is InChI=1S/C20H31N5O2/c1-3-21-20(23-11-10-22-19(26)16-4-5-16)25-14-12-24(13-15-25)17-6-8-18(27-2)9-7-17/h6-9,16H,3-5,10-15H2,1-2H3,(H,21,23)(H,22,26). The number of piperazine rings is 1. The summed E-state index contributed by atoms with van der Waals surface area (Å²) in [7, 11) is 1.69. The van der Waals surface area contributed by atoms with Gasteiger partial charge < -0.3 is 25.2 Å². The van der Waals surface area contributed by atoms with Gasteiger partial charge >= 0.3 is 0 Å². The van der Waals surface area contributed by atoms with E-state index in [1.54, 1.807) is 7.11 Å². The maximum atomic E-state index is 11.7. The number of hydrogen-bond acceptors (Lipinski definition) is 4. The van der Waals surface area contributed by atoms with Crippen LogP contribution in [0.15, 0.2) is 29.3 Å². The van der Waals surface area contributed by atoms with Crippen molar-refractivity contribution in [1.29, 1.82) is 0 Å². The van der Waals surface area contributed by atoms with Crippen LogP contribution in [0.1, 0.15) is 19.8 Å². The second-order valence-corrected chi connectivity index (χ2v) is 6.97. The average molecular weight is 374 g/mol. The molecule has 1 heterocycles. The predicted molar refractivity (Wildman–Crippen MR) is 108 cm³/mol. The number of nitrogens with one attached hydrogen (secondary N) is 2. The first-order valence-corrected chi connectivity index (χ1v) is 9.91. The molecular weight excluding hydrogens is 342 g/mol. The molecular formula is C20H31N5O2. The maximum Gasteiger partial charge on any atom is 0.223 e. The summed E-state index contributed by atoms with van der Waals surface area (Å²) in [5.74, 6) is 2.26. The van der Waals surface area contributed by atoms with Crippen molar-refractivity contribution in [1.82, 2.24) is 15.5 Å². The second kappa shape index (κ2) is 9.48. The number of nitrogens with zero attached hydrogens (tertiary/aromatic N) is 3. The summed E-state index contributed by atoms with van der Waals surface area (Å²) in [5, 5.41) is 6.35. The number of rotatable bonds is 7. The molecule has 0 atom stereocenters. The van der Waals surface area contributed by atoms with Crippen LogP contribution in [0.3, 0.4) is 0 Å². The molecule has 0 bridgehead atoms. The largest absolute Gasteiger partial charge is 0.497 e. The topological polar surface area (TPSA) is 69.2 Å². The van der Waals surface area contributed by atoms with Crippen LogP contribution in [-0.4, -0.2) is 69.7 Å². The van der Waals surface area contributed by atoms with Crippen molar-refractivity contribution in [2.75, 3.05) is 57.8 Å². The van der Waals surface area contributed by atoms with E-state index < -0.39 is 0 Å². The first-order chi connectivity index (χ1) is 13.2. The minimum atomic E-state index is 0.184. The molecule has 27 heavy (non-hydrogen) atoms. The normalized spacial score (nSPS) is 17.6. The molecule has 2 N–H and O–H groups in total. The highest BCUT2D eigenvalue weighted by molar-refractivity contribution is 5.81. The van der Waals surface area contributed by atoms with Gasteiger partial charge in [0.1, 0.15) is 5.75 Å². The number of methoxy groups -OCH3 is 1. The van der Waals surface area contributed by atoms with Gasteiger partial charge in [-0.2, -0.15) is 0 Å². The van der Waals surface area contributed by atoms with Crippen LogP contribution in [0.2, 0.25) is 0 Å². The Hall–Kier alpha value is -2.44. The molecule has 1 amide bonds. The molecule has 1 saturated carbocycles. The molecule has 1 aromatic rings. The lowest BCUT2D eigenvalue weighted by atomic mass is 10.2. The van der Waals surface area contributed by atoms with E-state index in [9.17, 15) is 4.79 Å². The molecule has 1 aromatic carbocycles. The van der Waals surface area contributed by atoms with Crippen LogP contribution in [-0.2, 0) is 4.79 Å². The van der Waals surface area contributed by atoms with Gasteiger partial charge in [0.15, 0.2) is 5.96 Å². The monoisotopic (exact) mass is 373 g/mol. The molecule has 1 aliphatic carbocycles. The number of hydrogen-bond donors (Lipinski definition) is 2. The lowest BCUT2D eigenvalue weighted by molar-refractivity contribution is -0.122. The zero-order chi connectivity index (χ0) is 19.1. The molecule has 7 nitrogen and oxygen atoms in total. The number of carbonyl (C=O) groups excluding carboxylic acids is 1. The van der Waals surface area contributed by atoms with Gasteiger partial charge in [-0.05, 0) is 44.0 Å². The Bertz CT molecular complexity index is 634. The second-order valence-electron chi connectivity index (χ2n) is 6.97. The number of carbonyl (C=O) groups is 1. The van der Waals surface area contributed by atoms with E-state index in [1.165, 1.54) is 5.69 Å². The number of benzene rings is 1. The number of amides is 1. The maximum absolute atomic E-state index is 11.7. The third kappa shape index (κ3) is 5.52. The number of anilines is 1. The van der Waals surface area contributed by atoms with Gasteiger partial charge in [0, 0.05) is 50.9 Å².